The maximum atomic E-state index is 12.8. The Bertz CT molecular complexity index is 1460. The second-order valence-electron chi connectivity index (χ2n) is 17.3. The van der Waals surface area contributed by atoms with Crippen LogP contribution in [0.25, 0.3) is 0 Å². The maximum Gasteiger partial charge on any atom is 0.472 e. The number of aliphatic hydroxyl groups excluding tert-OH is 1. The minimum atomic E-state index is -4.76. The van der Waals surface area contributed by atoms with Gasteiger partial charge in [-0.1, -0.05) is 176 Å². The third-order valence-corrected chi connectivity index (χ3v) is 11.7. The molecule has 11 nitrogen and oxygen atoms in total. The number of phosphoric acid groups is 1. The van der Waals surface area contributed by atoms with Crippen LogP contribution < -0.4 is 0 Å². The summed E-state index contributed by atoms with van der Waals surface area (Å²) in [5.41, 5.74) is 0. The molecule has 0 bridgehead atoms. The van der Waals surface area contributed by atoms with Crippen molar-refractivity contribution in [3.63, 3.8) is 0 Å². The molecule has 390 valence electrons. The number of rotatable bonds is 48. The van der Waals surface area contributed by atoms with E-state index in [0.29, 0.717) is 19.3 Å². The molecule has 0 aliphatic carbocycles. The molecule has 0 aromatic heterocycles. The Morgan fingerprint density at radius 2 is 0.794 bits per heavy atom. The number of hydrogen-bond acceptors (Lipinski definition) is 10. The first-order chi connectivity index (χ1) is 33.2. The standard InChI is InChI=1S/C56H95O11P/c1-4-7-10-13-16-19-22-25-26-29-32-35-38-41-44-47-56(60)67-53(49-63-54(58)45-42-39-36-33-30-27-23-20-17-14-11-8-5-2)51-65-68(61,62)64-50-52(48-57)66-55(59)46-43-40-37-34-31-28-24-21-18-15-12-9-6-3/h8,11,16-17,19-21,24-27,30,36,39,52-53,57H,4-7,9-10,12-15,18,22-23,28-29,31-35,37-38,40-51H2,1-3H3,(H,61,62)/b11-8-,19-16-,20-17-,24-21-,26-25-,30-27-,39-36-. The summed E-state index contributed by atoms with van der Waals surface area (Å²) in [4.78, 5) is 48.3. The molecule has 0 aromatic rings. The Balaban J connectivity index is 4.85. The van der Waals surface area contributed by atoms with Crippen LogP contribution in [0.5, 0.6) is 0 Å². The zero-order chi connectivity index (χ0) is 49.9. The summed E-state index contributed by atoms with van der Waals surface area (Å²) in [6, 6.07) is 0. The number of hydrogen-bond donors (Lipinski definition) is 2. The number of unbranched alkanes of at least 4 members (excludes halogenated alkanes) is 17. The fraction of sp³-hybridized carbons (Fsp3) is 0.696. The largest absolute Gasteiger partial charge is 0.472 e. The van der Waals surface area contributed by atoms with Crippen molar-refractivity contribution in [2.24, 2.45) is 0 Å². The van der Waals surface area contributed by atoms with Crippen LogP contribution in [0.2, 0.25) is 0 Å². The van der Waals surface area contributed by atoms with Crippen LogP contribution in [0.4, 0.5) is 0 Å². The molecule has 0 rings (SSSR count). The van der Waals surface area contributed by atoms with Crippen molar-refractivity contribution in [3.05, 3.63) is 85.1 Å². The molecule has 0 amide bonds. The van der Waals surface area contributed by atoms with Gasteiger partial charge in [-0.05, 0) is 103 Å². The van der Waals surface area contributed by atoms with Crippen LogP contribution >= 0.6 is 7.82 Å². The van der Waals surface area contributed by atoms with E-state index in [1.807, 2.05) is 12.2 Å². The molecule has 0 spiro atoms. The highest BCUT2D eigenvalue weighted by Crippen LogP contribution is 2.43. The number of phosphoric ester groups is 1. The van der Waals surface area contributed by atoms with E-state index in [4.69, 9.17) is 23.3 Å². The van der Waals surface area contributed by atoms with E-state index in [1.54, 1.807) is 0 Å². The molecular weight excluding hydrogens is 880 g/mol. The lowest BCUT2D eigenvalue weighted by atomic mass is 10.1. The first kappa shape index (κ1) is 64.7. The predicted octanol–water partition coefficient (Wildman–Crippen LogP) is 15.1. The third-order valence-electron chi connectivity index (χ3n) is 10.8. The van der Waals surface area contributed by atoms with E-state index in [1.165, 1.54) is 44.9 Å². The van der Waals surface area contributed by atoms with Crippen molar-refractivity contribution < 1.29 is 52.2 Å². The summed E-state index contributed by atoms with van der Waals surface area (Å²) in [7, 11) is -4.76. The Hall–Kier alpha value is -3.34. The van der Waals surface area contributed by atoms with Crippen molar-refractivity contribution in [1.82, 2.24) is 0 Å². The average Bonchev–Trinajstić information content (AvgIpc) is 3.32. The Labute approximate surface area is 413 Å². The first-order valence-electron chi connectivity index (χ1n) is 26.5. The van der Waals surface area contributed by atoms with Gasteiger partial charge in [-0.3, -0.25) is 23.4 Å². The van der Waals surface area contributed by atoms with E-state index in [2.05, 4.69) is 93.7 Å². The average molecular weight is 975 g/mol. The van der Waals surface area contributed by atoms with Gasteiger partial charge in [-0.2, -0.15) is 0 Å². The SMILES string of the molecule is CC/C=C\C/C=C\C/C=C\C/C=C\CCC(=O)OCC(COP(=O)(O)OCC(CO)OC(=O)CCCCCCC/C=C\CCCCCC)OC(=O)CCCCCCC/C=C\C/C=C\CCCCC. The van der Waals surface area contributed by atoms with Gasteiger partial charge in [0.25, 0.3) is 0 Å². The minimum Gasteiger partial charge on any atom is -0.462 e. The van der Waals surface area contributed by atoms with Crippen LogP contribution in [0.1, 0.15) is 213 Å². The van der Waals surface area contributed by atoms with Gasteiger partial charge in [0.15, 0.2) is 6.10 Å². The van der Waals surface area contributed by atoms with E-state index in [-0.39, 0.29) is 25.9 Å². The lowest BCUT2D eigenvalue weighted by Crippen LogP contribution is -2.30. The van der Waals surface area contributed by atoms with Crippen LogP contribution in [0.3, 0.4) is 0 Å². The van der Waals surface area contributed by atoms with Crippen LogP contribution in [-0.2, 0) is 42.2 Å². The van der Waals surface area contributed by atoms with Crippen LogP contribution in [0.15, 0.2) is 85.1 Å². The molecule has 0 radical (unpaired) electrons. The summed E-state index contributed by atoms with van der Waals surface area (Å²) < 4.78 is 39.3. The number of allylic oxidation sites excluding steroid dienone is 14. The maximum absolute atomic E-state index is 12.8. The van der Waals surface area contributed by atoms with E-state index >= 15 is 0 Å². The van der Waals surface area contributed by atoms with E-state index < -0.39 is 57.8 Å². The quantitative estimate of drug-likeness (QED) is 0.0197. The Kier molecular flexibility index (Phi) is 47.6. The monoisotopic (exact) mass is 975 g/mol. The molecule has 0 aliphatic rings. The fourth-order valence-electron chi connectivity index (χ4n) is 6.75. The van der Waals surface area contributed by atoms with Crippen molar-refractivity contribution in [2.75, 3.05) is 26.4 Å². The van der Waals surface area contributed by atoms with Gasteiger partial charge in [-0.25, -0.2) is 4.57 Å². The highest BCUT2D eigenvalue weighted by Gasteiger charge is 2.28. The number of ether oxygens (including phenoxy) is 3. The summed E-state index contributed by atoms with van der Waals surface area (Å²) in [5, 5.41) is 9.78. The van der Waals surface area contributed by atoms with Gasteiger partial charge < -0.3 is 24.2 Å². The van der Waals surface area contributed by atoms with Gasteiger partial charge in [-0.15, -0.1) is 0 Å². The van der Waals surface area contributed by atoms with Gasteiger partial charge in [0.1, 0.15) is 12.7 Å². The molecule has 0 aliphatic heterocycles. The second kappa shape index (κ2) is 50.1. The molecule has 0 saturated carbocycles. The first-order valence-corrected chi connectivity index (χ1v) is 28.0. The zero-order valence-corrected chi connectivity index (χ0v) is 43.7. The highest BCUT2D eigenvalue weighted by molar-refractivity contribution is 7.47. The molecule has 0 saturated heterocycles. The zero-order valence-electron chi connectivity index (χ0n) is 42.8. The Morgan fingerprint density at radius 1 is 0.426 bits per heavy atom. The molecular formula is C56H95O11P. The summed E-state index contributed by atoms with van der Waals surface area (Å²) in [6.45, 7) is 4.36. The molecule has 0 fully saturated rings. The molecule has 68 heavy (non-hydrogen) atoms. The van der Waals surface area contributed by atoms with Crippen LogP contribution in [0, 0.1) is 0 Å². The van der Waals surface area contributed by atoms with Crippen molar-refractivity contribution in [1.29, 1.82) is 0 Å². The predicted molar refractivity (Wildman–Crippen MR) is 279 cm³/mol. The molecule has 12 heteroatoms. The summed E-state index contributed by atoms with van der Waals surface area (Å²) in [5.74, 6) is -1.59. The molecule has 3 unspecified atom stereocenters. The third kappa shape index (κ3) is 47.7. The lowest BCUT2D eigenvalue weighted by Gasteiger charge is -2.21. The lowest BCUT2D eigenvalue weighted by molar-refractivity contribution is -0.161. The molecule has 0 aromatic carbocycles. The number of esters is 3. The van der Waals surface area contributed by atoms with Gasteiger partial charge in [0, 0.05) is 19.3 Å². The smallest absolute Gasteiger partial charge is 0.462 e. The second-order valence-corrected chi connectivity index (χ2v) is 18.8. The number of aliphatic hydroxyl groups is 1. The summed E-state index contributed by atoms with van der Waals surface area (Å²) >= 11 is 0. The van der Waals surface area contributed by atoms with E-state index in [9.17, 15) is 28.9 Å². The minimum absolute atomic E-state index is 0.0990. The van der Waals surface area contributed by atoms with E-state index in [0.717, 1.165) is 109 Å². The molecule has 0 heterocycles. The van der Waals surface area contributed by atoms with Crippen molar-refractivity contribution in [2.45, 2.75) is 226 Å². The van der Waals surface area contributed by atoms with Gasteiger partial charge in [0.05, 0.1) is 19.8 Å². The normalized spacial score (nSPS) is 14.1. The van der Waals surface area contributed by atoms with Gasteiger partial charge >= 0.3 is 25.7 Å². The highest BCUT2D eigenvalue weighted by atomic mass is 31.2. The molecule has 3 atom stereocenters. The summed E-state index contributed by atoms with van der Waals surface area (Å²) in [6.07, 6.45) is 55.6. The topological polar surface area (TPSA) is 155 Å². The van der Waals surface area contributed by atoms with Crippen LogP contribution in [-0.4, -0.2) is 66.5 Å². The Morgan fingerprint density at radius 3 is 1.28 bits per heavy atom. The van der Waals surface area contributed by atoms with Crippen molar-refractivity contribution >= 4 is 25.7 Å². The van der Waals surface area contributed by atoms with Crippen molar-refractivity contribution in [3.8, 4) is 0 Å². The number of carbonyl (C=O) groups excluding carboxylic acids is 3. The fourth-order valence-corrected chi connectivity index (χ4v) is 7.53. The molecule has 2 N–H and O–H groups in total. The van der Waals surface area contributed by atoms with Gasteiger partial charge in [0.2, 0.25) is 0 Å². The number of carbonyl (C=O) groups is 3.